The molecule has 0 radical (unpaired) electrons. The van der Waals surface area contributed by atoms with E-state index in [1.807, 2.05) is 0 Å². The van der Waals surface area contributed by atoms with Crippen molar-refractivity contribution in [3.8, 4) is 67.5 Å². The van der Waals surface area contributed by atoms with Crippen LogP contribution in [0.15, 0.2) is 218 Å². The Bertz CT molecular complexity index is 3850. The lowest BCUT2D eigenvalue weighted by atomic mass is 9.79. The second-order valence-electron chi connectivity index (χ2n) is 17.8. The van der Waals surface area contributed by atoms with Gasteiger partial charge in [-0.25, -0.2) is 9.97 Å². The van der Waals surface area contributed by atoms with Gasteiger partial charge in [-0.1, -0.05) is 159 Å². The van der Waals surface area contributed by atoms with Gasteiger partial charge in [-0.05, 0) is 139 Å². The highest BCUT2D eigenvalue weighted by Crippen LogP contribution is 2.53. The number of fused-ring (bicyclic) bond motifs is 7. The zero-order chi connectivity index (χ0) is 43.2. The average Bonchev–Trinajstić information content (AvgIpc) is 4.02. The quantitative estimate of drug-likeness (QED) is 0.157. The molecule has 0 saturated heterocycles. The highest BCUT2D eigenvalue weighted by molar-refractivity contribution is 6.22. The summed E-state index contributed by atoms with van der Waals surface area (Å²) in [7, 11) is 0. The van der Waals surface area contributed by atoms with E-state index in [9.17, 15) is 0 Å². The Morgan fingerprint density at radius 3 is 1.34 bits per heavy atom. The minimum absolute atomic E-state index is 0.179. The van der Waals surface area contributed by atoms with Gasteiger partial charge in [0.2, 0.25) is 0 Å². The van der Waals surface area contributed by atoms with Gasteiger partial charge in [0.15, 0.2) is 0 Å². The summed E-state index contributed by atoms with van der Waals surface area (Å²) in [6.07, 6.45) is 0. The molecule has 0 amide bonds. The maximum atomic E-state index is 5.29. The monoisotopic (exact) mass is 830 g/mol. The van der Waals surface area contributed by atoms with E-state index in [2.05, 4.69) is 241 Å². The molecule has 2 aromatic heterocycles. The Morgan fingerprint density at radius 1 is 0.338 bits per heavy atom. The van der Waals surface area contributed by atoms with Gasteiger partial charge in [0, 0.05) is 27.9 Å². The lowest BCUT2D eigenvalue weighted by Gasteiger charge is -2.24. The van der Waals surface area contributed by atoms with Crippen LogP contribution in [-0.4, -0.2) is 19.1 Å². The highest BCUT2D eigenvalue weighted by Gasteiger charge is 2.36. The minimum atomic E-state index is -0.179. The summed E-state index contributed by atoms with van der Waals surface area (Å²) in [5.41, 5.74) is 18.3. The molecule has 13 rings (SSSR count). The molecular weight excluding hydrogens is 789 g/mol. The molecule has 1 aliphatic carbocycles. The van der Waals surface area contributed by atoms with Crippen LogP contribution in [0.25, 0.3) is 111 Å². The third kappa shape index (κ3) is 5.70. The number of imidazole rings is 2. The van der Waals surface area contributed by atoms with Gasteiger partial charge in [-0.15, -0.1) is 0 Å². The van der Waals surface area contributed by atoms with E-state index in [1.54, 1.807) is 0 Å². The third-order valence-corrected chi connectivity index (χ3v) is 13.7. The fraction of sp³-hybridized carbons (Fsp3) is 0.0492. The predicted octanol–water partition coefficient (Wildman–Crippen LogP) is 15.6. The molecule has 0 saturated carbocycles. The van der Waals surface area contributed by atoms with E-state index in [0.717, 1.165) is 67.3 Å². The standard InChI is InChI=1S/C61H42N4/c1-61(2)51-30-12-11-27-45(51)48-37-49-50(38-52(48)61)58(40-20-18-22-42(36-40)60-63-54-32-14-16-34-56(54)65(60)44-25-7-4-8-26-44)47-29-10-9-28-46(47)57(49)39-19-17-21-41(35-39)59-62-53-31-13-15-33-55(53)64(59)43-23-5-3-6-24-43/h3-38H,1-2H3. The lowest BCUT2D eigenvalue weighted by Crippen LogP contribution is -2.14. The van der Waals surface area contributed by atoms with Gasteiger partial charge >= 0.3 is 0 Å². The summed E-state index contributed by atoms with van der Waals surface area (Å²) in [4.78, 5) is 10.6. The summed E-state index contributed by atoms with van der Waals surface area (Å²) >= 11 is 0. The number of nitrogens with zero attached hydrogens (tertiary/aromatic N) is 4. The van der Waals surface area contributed by atoms with Crippen molar-refractivity contribution >= 4 is 43.6 Å². The predicted molar refractivity (Wildman–Crippen MR) is 270 cm³/mol. The van der Waals surface area contributed by atoms with Crippen LogP contribution in [0.1, 0.15) is 25.0 Å². The maximum absolute atomic E-state index is 5.29. The summed E-state index contributed by atoms with van der Waals surface area (Å²) < 4.78 is 4.58. The van der Waals surface area contributed by atoms with Crippen molar-refractivity contribution in [3.63, 3.8) is 0 Å². The molecule has 0 bridgehead atoms. The Morgan fingerprint density at radius 2 is 0.785 bits per heavy atom. The van der Waals surface area contributed by atoms with Crippen LogP contribution in [0, 0.1) is 0 Å². The Balaban J connectivity index is 1.09. The van der Waals surface area contributed by atoms with E-state index in [0.29, 0.717) is 0 Å². The summed E-state index contributed by atoms with van der Waals surface area (Å²) in [5, 5.41) is 4.87. The molecule has 0 N–H and O–H groups in total. The fourth-order valence-electron chi connectivity index (χ4n) is 10.7. The van der Waals surface area contributed by atoms with Crippen LogP contribution in [0.2, 0.25) is 0 Å². The summed E-state index contributed by atoms with van der Waals surface area (Å²) in [5.74, 6) is 1.83. The number of benzene rings is 10. The zero-order valence-corrected chi connectivity index (χ0v) is 36.1. The van der Waals surface area contributed by atoms with Crippen molar-refractivity contribution < 1.29 is 0 Å². The topological polar surface area (TPSA) is 35.6 Å². The van der Waals surface area contributed by atoms with Crippen LogP contribution in [0.3, 0.4) is 0 Å². The molecule has 0 unspecified atom stereocenters. The summed E-state index contributed by atoms with van der Waals surface area (Å²) in [6.45, 7) is 4.75. The van der Waals surface area contributed by atoms with Crippen molar-refractivity contribution in [1.82, 2.24) is 19.1 Å². The van der Waals surface area contributed by atoms with E-state index >= 15 is 0 Å². The SMILES string of the molecule is CC1(C)c2ccccc2-c2cc3c(-c4cccc(-c5nc6ccccc6n5-c5ccccc5)c4)c4ccccc4c(-c4cccc(-c5nc6ccccc6n5-c5ccccc5)c4)c3cc21. The summed E-state index contributed by atoms with van der Waals surface area (Å²) in [6, 6.07) is 79.0. The molecule has 4 heteroatoms. The molecule has 65 heavy (non-hydrogen) atoms. The first-order valence-corrected chi connectivity index (χ1v) is 22.4. The van der Waals surface area contributed by atoms with Crippen LogP contribution in [0.4, 0.5) is 0 Å². The lowest BCUT2D eigenvalue weighted by molar-refractivity contribution is 0.661. The van der Waals surface area contributed by atoms with E-state index in [4.69, 9.17) is 9.97 Å². The third-order valence-electron chi connectivity index (χ3n) is 13.7. The molecular formula is C61H42N4. The first kappa shape index (κ1) is 37.2. The molecule has 12 aromatic rings. The van der Waals surface area contributed by atoms with Gasteiger partial charge in [0.05, 0.1) is 22.1 Å². The van der Waals surface area contributed by atoms with Crippen LogP contribution in [-0.2, 0) is 5.41 Å². The number of para-hydroxylation sites is 6. The molecule has 0 atom stereocenters. The highest BCUT2D eigenvalue weighted by atomic mass is 15.1. The van der Waals surface area contributed by atoms with Crippen LogP contribution in [0.5, 0.6) is 0 Å². The Labute approximate surface area is 377 Å². The molecule has 0 spiro atoms. The van der Waals surface area contributed by atoms with E-state index in [-0.39, 0.29) is 5.41 Å². The molecule has 0 aliphatic heterocycles. The van der Waals surface area contributed by atoms with Crippen molar-refractivity contribution in [2.75, 3.05) is 0 Å². The second kappa shape index (κ2) is 14.3. The molecule has 2 heterocycles. The average molecular weight is 831 g/mol. The molecule has 10 aromatic carbocycles. The van der Waals surface area contributed by atoms with Gasteiger partial charge in [0.25, 0.3) is 0 Å². The van der Waals surface area contributed by atoms with Gasteiger partial charge in [-0.3, -0.25) is 9.13 Å². The number of rotatable bonds is 6. The van der Waals surface area contributed by atoms with Gasteiger partial charge < -0.3 is 0 Å². The van der Waals surface area contributed by atoms with Crippen LogP contribution < -0.4 is 0 Å². The molecule has 1 aliphatic rings. The Hall–Kier alpha value is -8.34. The Kier molecular flexibility index (Phi) is 8.22. The molecule has 0 fully saturated rings. The van der Waals surface area contributed by atoms with Crippen molar-refractivity contribution in [1.29, 1.82) is 0 Å². The second-order valence-corrected chi connectivity index (χ2v) is 17.8. The van der Waals surface area contributed by atoms with Gasteiger partial charge in [-0.2, -0.15) is 0 Å². The number of aromatic nitrogens is 4. The first-order chi connectivity index (χ1) is 32.0. The molecule has 306 valence electrons. The number of hydrogen-bond acceptors (Lipinski definition) is 2. The minimum Gasteiger partial charge on any atom is -0.292 e. The fourth-order valence-corrected chi connectivity index (χ4v) is 10.7. The zero-order valence-electron chi connectivity index (χ0n) is 36.1. The van der Waals surface area contributed by atoms with E-state index in [1.165, 1.54) is 54.9 Å². The maximum Gasteiger partial charge on any atom is 0.145 e. The van der Waals surface area contributed by atoms with Crippen LogP contribution >= 0.6 is 0 Å². The van der Waals surface area contributed by atoms with Crippen molar-refractivity contribution in [2.24, 2.45) is 0 Å². The normalized spacial score (nSPS) is 12.9. The molecule has 4 nitrogen and oxygen atoms in total. The van der Waals surface area contributed by atoms with Gasteiger partial charge in [0.1, 0.15) is 11.6 Å². The van der Waals surface area contributed by atoms with E-state index < -0.39 is 0 Å². The van der Waals surface area contributed by atoms with Crippen molar-refractivity contribution in [3.05, 3.63) is 230 Å². The first-order valence-electron chi connectivity index (χ1n) is 22.4. The van der Waals surface area contributed by atoms with Crippen molar-refractivity contribution in [2.45, 2.75) is 19.3 Å². The number of hydrogen-bond donors (Lipinski definition) is 0. The smallest absolute Gasteiger partial charge is 0.145 e. The largest absolute Gasteiger partial charge is 0.292 e.